The van der Waals surface area contributed by atoms with Gasteiger partial charge in [0.2, 0.25) is 10.0 Å². The van der Waals surface area contributed by atoms with Crippen molar-refractivity contribution in [2.45, 2.75) is 30.2 Å². The van der Waals surface area contributed by atoms with Crippen LogP contribution in [0.1, 0.15) is 19.8 Å². The highest BCUT2D eigenvalue weighted by atomic mass is 32.2. The number of imide groups is 1. The van der Waals surface area contributed by atoms with Crippen molar-refractivity contribution in [1.29, 1.82) is 0 Å². The van der Waals surface area contributed by atoms with Crippen molar-refractivity contribution < 1.29 is 22.9 Å². The Morgan fingerprint density at radius 2 is 1.78 bits per heavy atom. The van der Waals surface area contributed by atoms with E-state index in [1.165, 1.54) is 9.21 Å². The van der Waals surface area contributed by atoms with Gasteiger partial charge in [0.1, 0.15) is 5.54 Å². The van der Waals surface area contributed by atoms with Gasteiger partial charge >= 0.3 is 6.03 Å². The molecule has 0 unspecified atom stereocenters. The number of urea groups is 1. The third kappa shape index (κ3) is 3.24. The van der Waals surface area contributed by atoms with Gasteiger partial charge in [-0.3, -0.25) is 4.79 Å². The lowest BCUT2D eigenvalue weighted by Crippen LogP contribution is -3.16. The number of hydrogen-bond acceptors (Lipinski definition) is 4. The molecule has 27 heavy (non-hydrogen) atoms. The number of rotatable bonds is 5. The van der Waals surface area contributed by atoms with Gasteiger partial charge in [0, 0.05) is 0 Å². The highest BCUT2D eigenvalue weighted by molar-refractivity contribution is 7.89. The number of piperazine rings is 1. The monoisotopic (exact) mass is 393 g/mol. The van der Waals surface area contributed by atoms with Crippen LogP contribution in [0.25, 0.3) is 0 Å². The van der Waals surface area contributed by atoms with E-state index in [0.717, 1.165) is 17.7 Å². The predicted octanol–water partition coefficient (Wildman–Crippen LogP) is -0.746. The Kier molecular flexibility index (Phi) is 4.48. The van der Waals surface area contributed by atoms with E-state index >= 15 is 0 Å². The standard InChI is InChI=1S/C18H24N4O4S/c1-18(14-7-8-14)16(23)22(17(24)19-18)13-20-9-11-21(12-10-20)27(25,26)15-5-3-2-4-6-15/h2-6,14H,7-13H2,1H3,(H,19,24)/p+1/t18-/m0/s1. The van der Waals surface area contributed by atoms with E-state index in [4.69, 9.17) is 0 Å². The molecule has 1 aromatic carbocycles. The summed E-state index contributed by atoms with van der Waals surface area (Å²) in [4.78, 5) is 27.6. The first kappa shape index (κ1) is 18.4. The van der Waals surface area contributed by atoms with Crippen molar-refractivity contribution >= 4 is 22.0 Å². The number of carbonyl (C=O) groups is 2. The summed E-state index contributed by atoms with van der Waals surface area (Å²) >= 11 is 0. The molecule has 0 radical (unpaired) electrons. The maximum absolute atomic E-state index is 12.7. The molecule has 0 spiro atoms. The van der Waals surface area contributed by atoms with Gasteiger partial charge in [0.05, 0.1) is 31.1 Å². The largest absolute Gasteiger partial charge is 0.329 e. The number of hydrogen-bond donors (Lipinski definition) is 2. The minimum atomic E-state index is -3.50. The summed E-state index contributed by atoms with van der Waals surface area (Å²) in [6.45, 7) is 3.95. The van der Waals surface area contributed by atoms with E-state index in [1.54, 1.807) is 30.3 Å². The Morgan fingerprint density at radius 3 is 2.37 bits per heavy atom. The van der Waals surface area contributed by atoms with Crippen molar-refractivity contribution in [2.24, 2.45) is 5.92 Å². The van der Waals surface area contributed by atoms with Gasteiger partial charge < -0.3 is 10.2 Å². The second-order valence-electron chi connectivity index (χ2n) is 7.77. The Bertz CT molecular complexity index is 847. The lowest BCUT2D eigenvalue weighted by molar-refractivity contribution is -0.910. The Morgan fingerprint density at radius 1 is 1.15 bits per heavy atom. The molecule has 9 heteroatoms. The highest BCUT2D eigenvalue weighted by Crippen LogP contribution is 2.42. The van der Waals surface area contributed by atoms with Crippen LogP contribution >= 0.6 is 0 Å². The lowest BCUT2D eigenvalue weighted by atomic mass is 9.96. The van der Waals surface area contributed by atoms with Crippen LogP contribution in [0.3, 0.4) is 0 Å². The van der Waals surface area contributed by atoms with E-state index in [-0.39, 0.29) is 24.5 Å². The van der Waals surface area contributed by atoms with E-state index in [0.29, 0.717) is 31.1 Å². The first-order chi connectivity index (χ1) is 12.8. The highest BCUT2D eigenvalue weighted by Gasteiger charge is 2.56. The maximum atomic E-state index is 12.7. The average molecular weight is 393 g/mol. The van der Waals surface area contributed by atoms with Crippen LogP contribution in [0.2, 0.25) is 0 Å². The van der Waals surface area contributed by atoms with Crippen molar-refractivity contribution in [1.82, 2.24) is 14.5 Å². The molecule has 3 aliphatic rings. The topological polar surface area (TPSA) is 91.2 Å². The van der Waals surface area contributed by atoms with Crippen molar-refractivity contribution in [3.8, 4) is 0 Å². The zero-order valence-corrected chi connectivity index (χ0v) is 16.2. The fourth-order valence-corrected chi connectivity index (χ4v) is 5.43. The Hall–Kier alpha value is -1.97. The van der Waals surface area contributed by atoms with E-state index in [9.17, 15) is 18.0 Å². The van der Waals surface area contributed by atoms with Gasteiger partial charge in [-0.15, -0.1) is 0 Å². The second kappa shape index (κ2) is 6.57. The molecule has 0 bridgehead atoms. The van der Waals surface area contributed by atoms with E-state index in [2.05, 4.69) is 5.32 Å². The molecule has 2 heterocycles. The molecule has 0 aromatic heterocycles. The average Bonchev–Trinajstić information content (AvgIpc) is 3.49. The van der Waals surface area contributed by atoms with Crippen molar-refractivity contribution in [3.63, 3.8) is 0 Å². The van der Waals surface area contributed by atoms with Crippen LogP contribution in [0.5, 0.6) is 0 Å². The zero-order chi connectivity index (χ0) is 19.2. The summed E-state index contributed by atoms with van der Waals surface area (Å²) in [5.41, 5.74) is -0.769. The van der Waals surface area contributed by atoms with Crippen molar-refractivity contribution in [2.75, 3.05) is 32.8 Å². The molecule has 2 aliphatic heterocycles. The van der Waals surface area contributed by atoms with Crippen molar-refractivity contribution in [3.05, 3.63) is 30.3 Å². The normalized spacial score (nSPS) is 27.8. The molecule has 1 saturated carbocycles. The maximum Gasteiger partial charge on any atom is 0.329 e. The van der Waals surface area contributed by atoms with Gasteiger partial charge in [-0.1, -0.05) is 18.2 Å². The summed E-state index contributed by atoms with van der Waals surface area (Å²) in [6, 6.07) is 8.07. The molecule has 2 N–H and O–H groups in total. The number of benzene rings is 1. The second-order valence-corrected chi connectivity index (χ2v) is 9.70. The zero-order valence-electron chi connectivity index (χ0n) is 15.3. The molecule has 3 fully saturated rings. The van der Waals surface area contributed by atoms with Crippen LogP contribution < -0.4 is 10.2 Å². The Balaban J connectivity index is 1.37. The van der Waals surface area contributed by atoms with E-state index in [1.807, 2.05) is 6.92 Å². The fraction of sp³-hybridized carbons (Fsp3) is 0.556. The number of quaternary nitrogens is 1. The number of sulfonamides is 1. The third-order valence-electron chi connectivity index (χ3n) is 5.89. The molecule has 146 valence electrons. The van der Waals surface area contributed by atoms with Gasteiger partial charge in [-0.05, 0) is 37.8 Å². The van der Waals surface area contributed by atoms with Gasteiger partial charge in [0.15, 0.2) is 6.67 Å². The summed E-state index contributed by atoms with van der Waals surface area (Å²) < 4.78 is 26.9. The molecule has 1 aromatic rings. The SMILES string of the molecule is C[C@@]1(C2CC2)NC(=O)N(C[NH+]2CCN(S(=O)(=O)c3ccccc3)CC2)C1=O. The first-order valence-corrected chi connectivity index (χ1v) is 10.8. The summed E-state index contributed by atoms with van der Waals surface area (Å²) in [5, 5.41) is 2.85. The smallest absolute Gasteiger partial charge is 0.323 e. The summed E-state index contributed by atoms with van der Waals surface area (Å²) in [5.74, 6) is 0.0867. The molecular formula is C18H25N4O4S+. The molecular weight excluding hydrogens is 368 g/mol. The molecule has 1 atom stereocenters. The van der Waals surface area contributed by atoms with Gasteiger partial charge in [-0.25, -0.2) is 18.1 Å². The lowest BCUT2D eigenvalue weighted by Gasteiger charge is -2.33. The van der Waals surface area contributed by atoms with Gasteiger partial charge in [0.25, 0.3) is 5.91 Å². The predicted molar refractivity (Wildman–Crippen MR) is 97.3 cm³/mol. The van der Waals surface area contributed by atoms with Crippen LogP contribution in [0.15, 0.2) is 35.2 Å². The summed E-state index contributed by atoms with van der Waals surface area (Å²) in [7, 11) is -3.50. The molecule has 3 amide bonds. The molecule has 1 aliphatic carbocycles. The number of nitrogens with one attached hydrogen (secondary N) is 2. The molecule has 2 saturated heterocycles. The van der Waals surface area contributed by atoms with Crippen LogP contribution in [-0.4, -0.2) is 67.9 Å². The van der Waals surface area contributed by atoms with E-state index < -0.39 is 15.6 Å². The minimum Gasteiger partial charge on any atom is -0.323 e. The number of amides is 3. The van der Waals surface area contributed by atoms with Crippen LogP contribution in [0.4, 0.5) is 4.79 Å². The Labute approximate surface area is 159 Å². The van der Waals surface area contributed by atoms with Gasteiger partial charge in [-0.2, -0.15) is 4.31 Å². The number of nitrogens with zero attached hydrogens (tertiary/aromatic N) is 2. The molecule has 4 rings (SSSR count). The minimum absolute atomic E-state index is 0.151. The third-order valence-corrected chi connectivity index (χ3v) is 7.80. The fourth-order valence-electron chi connectivity index (χ4n) is 3.96. The summed E-state index contributed by atoms with van der Waals surface area (Å²) in [6.07, 6.45) is 1.94. The van der Waals surface area contributed by atoms with Crippen LogP contribution in [0, 0.1) is 5.92 Å². The first-order valence-electron chi connectivity index (χ1n) is 9.35. The van der Waals surface area contributed by atoms with Crippen LogP contribution in [-0.2, 0) is 14.8 Å². The quantitative estimate of drug-likeness (QED) is 0.645. The molecule has 8 nitrogen and oxygen atoms in total. The number of carbonyl (C=O) groups excluding carboxylic acids is 2.